The van der Waals surface area contributed by atoms with E-state index in [2.05, 4.69) is 9.98 Å². The number of non-ortho nitro benzene ring substituents is 1. The monoisotopic (exact) mass is 477 g/mol. The zero-order valence-electron chi connectivity index (χ0n) is 16.7. The molecule has 0 fully saturated rings. The summed E-state index contributed by atoms with van der Waals surface area (Å²) in [7, 11) is 0. The van der Waals surface area contributed by atoms with E-state index in [0.717, 1.165) is 0 Å². The molecular weight excluding hydrogens is 465 g/mol. The number of hydrogen-bond acceptors (Lipinski definition) is 6. The molecule has 1 aromatic heterocycles. The van der Waals surface area contributed by atoms with Gasteiger partial charge in [-0.25, -0.2) is 4.98 Å². The van der Waals surface area contributed by atoms with E-state index in [9.17, 15) is 15.2 Å². The first-order valence-corrected chi connectivity index (χ1v) is 10.4. The number of hydrogen-bond donors (Lipinski definition) is 1. The molecule has 0 saturated carbocycles. The Hall–Kier alpha value is -3.94. The van der Waals surface area contributed by atoms with E-state index in [1.807, 2.05) is 0 Å². The number of aliphatic imine (C=N–C) groups is 1. The van der Waals surface area contributed by atoms with Crippen LogP contribution in [0.5, 0.6) is 5.75 Å². The number of nitro benzene ring substituents is 1. The van der Waals surface area contributed by atoms with Crippen LogP contribution in [0.4, 0.5) is 11.4 Å². The van der Waals surface area contributed by atoms with Gasteiger partial charge in [0.2, 0.25) is 5.89 Å². The van der Waals surface area contributed by atoms with Crippen molar-refractivity contribution >= 4 is 62.7 Å². The number of phenolic OH excluding ortho intramolecular Hbond substituents is 1. The van der Waals surface area contributed by atoms with Crippen molar-refractivity contribution < 1.29 is 14.4 Å². The third kappa shape index (κ3) is 4.00. The second-order valence-corrected chi connectivity index (χ2v) is 8.06. The molecule has 5 rings (SSSR count). The lowest BCUT2D eigenvalue weighted by molar-refractivity contribution is -0.384. The maximum absolute atomic E-state index is 11.0. The van der Waals surface area contributed by atoms with Crippen molar-refractivity contribution in [3.8, 4) is 17.2 Å². The van der Waals surface area contributed by atoms with Gasteiger partial charge < -0.3 is 9.52 Å². The average molecular weight is 478 g/mol. The number of aromatic nitrogens is 1. The van der Waals surface area contributed by atoms with Crippen molar-refractivity contribution in [2.45, 2.75) is 0 Å². The van der Waals surface area contributed by atoms with E-state index in [4.69, 9.17) is 27.6 Å². The number of benzene rings is 4. The summed E-state index contributed by atoms with van der Waals surface area (Å²) in [6.45, 7) is 0. The fourth-order valence-electron chi connectivity index (χ4n) is 3.49. The molecule has 1 heterocycles. The Morgan fingerprint density at radius 3 is 2.70 bits per heavy atom. The zero-order valence-corrected chi connectivity index (χ0v) is 18.2. The molecule has 9 heteroatoms. The molecule has 0 saturated heterocycles. The lowest BCUT2D eigenvalue weighted by Gasteiger charge is -2.05. The number of aromatic hydroxyl groups is 1. The van der Waals surface area contributed by atoms with Crippen LogP contribution in [0.1, 0.15) is 5.56 Å². The summed E-state index contributed by atoms with van der Waals surface area (Å²) < 4.78 is 5.81. The SMILES string of the molecule is O=[N+]([O-])c1ccc2c(C=Nc3ccc4oc(-c5cc(Cl)ccc5Cl)nc4c3)c(O)ccc2c1. The standard InChI is InChI=1S/C24H13Cl2N3O4/c25-14-2-6-20(26)18(10-14)24-28-21-11-15(3-8-23(21)33-24)27-12-19-17-5-4-16(29(31)32)9-13(17)1-7-22(19)30/h1-12,30H. The first kappa shape index (κ1) is 20.9. The molecule has 0 atom stereocenters. The predicted octanol–water partition coefficient (Wildman–Crippen LogP) is 7.32. The number of rotatable bonds is 4. The Morgan fingerprint density at radius 2 is 1.88 bits per heavy atom. The van der Waals surface area contributed by atoms with Crippen molar-refractivity contribution in [3.05, 3.63) is 92.5 Å². The topological polar surface area (TPSA) is 102 Å². The van der Waals surface area contributed by atoms with Crippen LogP contribution in [0, 0.1) is 10.1 Å². The van der Waals surface area contributed by atoms with E-state index in [1.165, 1.54) is 24.4 Å². The number of fused-ring (bicyclic) bond motifs is 2. The van der Waals surface area contributed by atoms with Crippen molar-refractivity contribution in [2.24, 2.45) is 4.99 Å². The molecule has 0 unspecified atom stereocenters. The molecule has 0 bridgehead atoms. The largest absolute Gasteiger partial charge is 0.507 e. The van der Waals surface area contributed by atoms with E-state index in [1.54, 1.807) is 48.5 Å². The maximum atomic E-state index is 11.0. The lowest BCUT2D eigenvalue weighted by Crippen LogP contribution is -1.90. The van der Waals surface area contributed by atoms with Crippen molar-refractivity contribution in [1.29, 1.82) is 0 Å². The molecule has 0 radical (unpaired) electrons. The molecule has 0 aliphatic rings. The Bertz CT molecular complexity index is 1590. The fourth-order valence-corrected chi connectivity index (χ4v) is 3.86. The van der Waals surface area contributed by atoms with Crippen LogP contribution in [0.2, 0.25) is 10.0 Å². The molecule has 7 nitrogen and oxygen atoms in total. The maximum Gasteiger partial charge on any atom is 0.270 e. The molecule has 4 aromatic carbocycles. The van der Waals surface area contributed by atoms with Crippen LogP contribution in [0.15, 0.2) is 76.1 Å². The van der Waals surface area contributed by atoms with E-state index in [-0.39, 0.29) is 11.4 Å². The van der Waals surface area contributed by atoms with E-state index >= 15 is 0 Å². The van der Waals surface area contributed by atoms with Gasteiger partial charge in [0.25, 0.3) is 5.69 Å². The Balaban J connectivity index is 1.52. The molecule has 33 heavy (non-hydrogen) atoms. The Morgan fingerprint density at radius 1 is 1.03 bits per heavy atom. The van der Waals surface area contributed by atoms with Crippen LogP contribution in [0.3, 0.4) is 0 Å². The van der Waals surface area contributed by atoms with E-state index < -0.39 is 4.92 Å². The highest BCUT2D eigenvalue weighted by Crippen LogP contribution is 2.34. The molecular formula is C24H13Cl2N3O4. The highest BCUT2D eigenvalue weighted by atomic mass is 35.5. The minimum Gasteiger partial charge on any atom is -0.507 e. The smallest absolute Gasteiger partial charge is 0.270 e. The highest BCUT2D eigenvalue weighted by Gasteiger charge is 2.13. The summed E-state index contributed by atoms with van der Waals surface area (Å²) in [4.78, 5) is 19.5. The first-order chi connectivity index (χ1) is 15.9. The molecule has 5 aromatic rings. The van der Waals surface area contributed by atoms with Gasteiger partial charge in [-0.15, -0.1) is 0 Å². The number of halogens is 2. The molecule has 0 aliphatic carbocycles. The average Bonchev–Trinajstić information content (AvgIpc) is 3.22. The minimum absolute atomic E-state index is 0.0144. The van der Waals surface area contributed by atoms with Gasteiger partial charge in [0.15, 0.2) is 5.58 Å². The van der Waals surface area contributed by atoms with Crippen LogP contribution in [-0.4, -0.2) is 21.2 Å². The number of oxazole rings is 1. The number of phenols is 1. The summed E-state index contributed by atoms with van der Waals surface area (Å²) in [6.07, 6.45) is 1.51. The Labute approximate surface area is 196 Å². The van der Waals surface area contributed by atoms with Crippen molar-refractivity contribution in [1.82, 2.24) is 4.98 Å². The zero-order chi connectivity index (χ0) is 23.1. The molecule has 0 spiro atoms. The number of nitrogens with zero attached hydrogens (tertiary/aromatic N) is 3. The summed E-state index contributed by atoms with van der Waals surface area (Å²) in [5, 5.41) is 23.6. The van der Waals surface area contributed by atoms with Crippen LogP contribution >= 0.6 is 23.2 Å². The van der Waals surface area contributed by atoms with Gasteiger partial charge in [0.1, 0.15) is 11.3 Å². The third-order valence-corrected chi connectivity index (χ3v) is 5.67. The van der Waals surface area contributed by atoms with Crippen LogP contribution in [-0.2, 0) is 0 Å². The second-order valence-electron chi connectivity index (χ2n) is 7.21. The van der Waals surface area contributed by atoms with Gasteiger partial charge in [-0.1, -0.05) is 29.3 Å². The van der Waals surface area contributed by atoms with Gasteiger partial charge in [-0.05, 0) is 59.3 Å². The van der Waals surface area contributed by atoms with E-state index in [0.29, 0.717) is 54.6 Å². The molecule has 0 amide bonds. The lowest BCUT2D eigenvalue weighted by atomic mass is 10.0. The Kier molecular flexibility index (Phi) is 5.20. The highest BCUT2D eigenvalue weighted by molar-refractivity contribution is 6.35. The van der Waals surface area contributed by atoms with Gasteiger partial charge in [-0.3, -0.25) is 15.1 Å². The van der Waals surface area contributed by atoms with Crippen LogP contribution < -0.4 is 0 Å². The summed E-state index contributed by atoms with van der Waals surface area (Å²) in [5.74, 6) is 0.354. The van der Waals surface area contributed by atoms with Crippen molar-refractivity contribution in [3.63, 3.8) is 0 Å². The first-order valence-electron chi connectivity index (χ1n) is 9.69. The summed E-state index contributed by atoms with van der Waals surface area (Å²) in [6, 6.07) is 17.8. The van der Waals surface area contributed by atoms with Gasteiger partial charge in [0, 0.05) is 28.9 Å². The second kappa shape index (κ2) is 8.20. The van der Waals surface area contributed by atoms with Gasteiger partial charge in [0.05, 0.1) is 21.2 Å². The van der Waals surface area contributed by atoms with Crippen LogP contribution in [0.25, 0.3) is 33.3 Å². The van der Waals surface area contributed by atoms with Crippen molar-refractivity contribution in [2.75, 3.05) is 0 Å². The summed E-state index contributed by atoms with van der Waals surface area (Å²) in [5.41, 5.74) is 2.73. The summed E-state index contributed by atoms with van der Waals surface area (Å²) >= 11 is 12.3. The van der Waals surface area contributed by atoms with Gasteiger partial charge in [-0.2, -0.15) is 0 Å². The third-order valence-electron chi connectivity index (χ3n) is 5.11. The molecule has 1 N–H and O–H groups in total. The molecule has 162 valence electrons. The normalized spacial score (nSPS) is 11.6. The molecule has 0 aliphatic heterocycles. The number of nitro groups is 1. The minimum atomic E-state index is -0.460. The van der Waals surface area contributed by atoms with Gasteiger partial charge >= 0.3 is 0 Å². The predicted molar refractivity (Wildman–Crippen MR) is 129 cm³/mol. The fraction of sp³-hybridized carbons (Fsp3) is 0. The quantitative estimate of drug-likeness (QED) is 0.166.